The van der Waals surface area contributed by atoms with Gasteiger partial charge in [0, 0.05) is 24.8 Å². The van der Waals surface area contributed by atoms with E-state index in [9.17, 15) is 4.79 Å². The lowest BCUT2D eigenvalue weighted by molar-refractivity contribution is -0.731. The zero-order chi connectivity index (χ0) is 8.10. The number of pyridine rings is 1. The van der Waals surface area contributed by atoms with Crippen LogP contribution in [0.5, 0.6) is 0 Å². The molecular formula is C8H10NO2+. The van der Waals surface area contributed by atoms with Gasteiger partial charge in [0.2, 0.25) is 0 Å². The summed E-state index contributed by atoms with van der Waals surface area (Å²) in [4.78, 5) is 10.2. The Morgan fingerprint density at radius 2 is 2.18 bits per heavy atom. The molecule has 0 saturated carbocycles. The number of hydrogen-bond acceptors (Lipinski definition) is 2. The molecule has 1 aromatic heterocycles. The van der Waals surface area contributed by atoms with Crippen molar-refractivity contribution in [3.63, 3.8) is 0 Å². The number of ether oxygens (including phenoxy) is 1. The summed E-state index contributed by atoms with van der Waals surface area (Å²) in [6.07, 6.45) is 4.41. The fourth-order valence-corrected chi connectivity index (χ4v) is 0.783. The van der Waals surface area contributed by atoms with Crippen LogP contribution in [0.15, 0.2) is 24.5 Å². The van der Waals surface area contributed by atoms with Gasteiger partial charge >= 0.3 is 0 Å². The molecule has 58 valence electrons. The molecule has 0 aliphatic heterocycles. The second-order valence-electron chi connectivity index (χ2n) is 2.18. The molecule has 0 N–H and O–H groups in total. The largest absolute Gasteiger partial charge is 0.327 e. The Kier molecular flexibility index (Phi) is 2.74. The third-order valence-corrected chi connectivity index (χ3v) is 1.33. The molecule has 1 heterocycles. The number of carbonyl (C=O) groups is 1. The first-order valence-electron chi connectivity index (χ1n) is 3.30. The summed E-state index contributed by atoms with van der Waals surface area (Å²) < 4.78 is 6.72. The fraction of sp³-hybridized carbons (Fsp3) is 0.250. The number of methoxy groups -OCH3 is 1. The van der Waals surface area contributed by atoms with Gasteiger partial charge in [-0.3, -0.25) is 4.79 Å². The first kappa shape index (κ1) is 7.88. The average Bonchev–Trinajstić information content (AvgIpc) is 2.07. The van der Waals surface area contributed by atoms with E-state index in [0.717, 1.165) is 6.29 Å². The van der Waals surface area contributed by atoms with Crippen LogP contribution in [0.4, 0.5) is 0 Å². The van der Waals surface area contributed by atoms with E-state index in [-0.39, 0.29) is 0 Å². The molecule has 0 aliphatic rings. The molecule has 0 saturated heterocycles. The van der Waals surface area contributed by atoms with E-state index >= 15 is 0 Å². The molecule has 3 heteroatoms. The van der Waals surface area contributed by atoms with Gasteiger partial charge in [0.1, 0.15) is 0 Å². The molecule has 3 nitrogen and oxygen atoms in total. The summed E-state index contributed by atoms with van der Waals surface area (Å²) in [6, 6.07) is 3.48. The van der Waals surface area contributed by atoms with E-state index in [4.69, 9.17) is 4.74 Å². The molecule has 0 aliphatic carbocycles. The second kappa shape index (κ2) is 3.83. The Balaban J connectivity index is 2.74. The third-order valence-electron chi connectivity index (χ3n) is 1.33. The number of hydrogen-bond donors (Lipinski definition) is 0. The number of aldehydes is 1. The molecule has 1 aromatic rings. The molecule has 0 bridgehead atoms. The Morgan fingerprint density at radius 1 is 1.55 bits per heavy atom. The molecule has 0 amide bonds. The average molecular weight is 152 g/mol. The number of carbonyl (C=O) groups excluding carboxylic acids is 1. The standard InChI is InChI=1S/C8H10NO2/c1-11-7-9-4-2-8(6-10)3-5-9/h2-6H,7H2,1H3/q+1. The van der Waals surface area contributed by atoms with Gasteiger partial charge < -0.3 is 4.74 Å². The van der Waals surface area contributed by atoms with Crippen molar-refractivity contribution in [2.75, 3.05) is 7.11 Å². The van der Waals surface area contributed by atoms with Crippen molar-refractivity contribution >= 4 is 6.29 Å². The van der Waals surface area contributed by atoms with Gasteiger partial charge in [-0.25, -0.2) is 0 Å². The minimum absolute atomic E-state index is 0.513. The number of aromatic nitrogens is 1. The van der Waals surface area contributed by atoms with Gasteiger partial charge in [-0.2, -0.15) is 4.57 Å². The molecule has 0 atom stereocenters. The zero-order valence-electron chi connectivity index (χ0n) is 6.36. The molecule has 0 unspecified atom stereocenters. The van der Waals surface area contributed by atoms with E-state index < -0.39 is 0 Å². The topological polar surface area (TPSA) is 30.2 Å². The summed E-state index contributed by atoms with van der Waals surface area (Å²) in [5.41, 5.74) is 0.678. The van der Waals surface area contributed by atoms with Gasteiger partial charge in [-0.1, -0.05) is 0 Å². The summed E-state index contributed by atoms with van der Waals surface area (Å²) in [7, 11) is 1.63. The molecule has 0 spiro atoms. The molecule has 0 radical (unpaired) electrons. The van der Waals surface area contributed by atoms with Crippen molar-refractivity contribution < 1.29 is 14.1 Å². The Labute approximate surface area is 65.2 Å². The maximum absolute atomic E-state index is 10.2. The van der Waals surface area contributed by atoms with Gasteiger partial charge in [-0.05, 0) is 0 Å². The molecule has 0 fully saturated rings. The lowest BCUT2D eigenvalue weighted by atomic mass is 10.3. The zero-order valence-corrected chi connectivity index (χ0v) is 6.36. The lowest BCUT2D eigenvalue weighted by Crippen LogP contribution is -2.33. The van der Waals surface area contributed by atoms with Crippen molar-refractivity contribution in [1.82, 2.24) is 0 Å². The normalized spacial score (nSPS) is 9.55. The lowest BCUT2D eigenvalue weighted by Gasteiger charge is -1.92. The monoisotopic (exact) mass is 152 g/mol. The highest BCUT2D eigenvalue weighted by Crippen LogP contribution is 1.88. The predicted molar refractivity (Wildman–Crippen MR) is 39.0 cm³/mol. The van der Waals surface area contributed by atoms with Crippen LogP contribution in [-0.2, 0) is 11.5 Å². The highest BCUT2D eigenvalue weighted by molar-refractivity contribution is 5.73. The molecule has 11 heavy (non-hydrogen) atoms. The maximum atomic E-state index is 10.2. The SMILES string of the molecule is COC[n+]1ccc(C=O)cc1. The highest BCUT2D eigenvalue weighted by atomic mass is 16.5. The Hall–Kier alpha value is -1.22. The molecular weight excluding hydrogens is 142 g/mol. The van der Waals surface area contributed by atoms with E-state index in [0.29, 0.717) is 12.3 Å². The highest BCUT2D eigenvalue weighted by Gasteiger charge is 1.96. The molecule has 0 aromatic carbocycles. The van der Waals surface area contributed by atoms with Gasteiger partial charge in [-0.15, -0.1) is 0 Å². The van der Waals surface area contributed by atoms with Crippen molar-refractivity contribution in [3.05, 3.63) is 30.1 Å². The minimum Gasteiger partial charge on any atom is -0.327 e. The van der Waals surface area contributed by atoms with E-state index in [1.807, 2.05) is 4.57 Å². The van der Waals surface area contributed by atoms with Crippen LogP contribution in [0.2, 0.25) is 0 Å². The fourth-order valence-electron chi connectivity index (χ4n) is 0.783. The van der Waals surface area contributed by atoms with E-state index in [1.165, 1.54) is 0 Å². The van der Waals surface area contributed by atoms with Crippen LogP contribution in [0.25, 0.3) is 0 Å². The minimum atomic E-state index is 0.513. The van der Waals surface area contributed by atoms with E-state index in [2.05, 4.69) is 0 Å². The Morgan fingerprint density at radius 3 is 2.64 bits per heavy atom. The van der Waals surface area contributed by atoms with Crippen LogP contribution in [-0.4, -0.2) is 13.4 Å². The quantitative estimate of drug-likeness (QED) is 0.463. The summed E-state index contributed by atoms with van der Waals surface area (Å²) >= 11 is 0. The first-order chi connectivity index (χ1) is 5.36. The number of rotatable bonds is 3. The van der Waals surface area contributed by atoms with Crippen molar-refractivity contribution in [2.45, 2.75) is 6.73 Å². The van der Waals surface area contributed by atoms with Crippen LogP contribution < -0.4 is 4.57 Å². The summed E-state index contributed by atoms with van der Waals surface area (Å²) in [5, 5.41) is 0. The summed E-state index contributed by atoms with van der Waals surface area (Å²) in [5.74, 6) is 0. The van der Waals surface area contributed by atoms with Crippen LogP contribution in [0.1, 0.15) is 10.4 Å². The van der Waals surface area contributed by atoms with Crippen LogP contribution >= 0.6 is 0 Å². The van der Waals surface area contributed by atoms with Crippen LogP contribution in [0, 0.1) is 0 Å². The summed E-state index contributed by atoms with van der Waals surface area (Å²) in [6.45, 7) is 0.513. The van der Waals surface area contributed by atoms with Crippen molar-refractivity contribution in [2.24, 2.45) is 0 Å². The maximum Gasteiger partial charge on any atom is 0.252 e. The Bertz CT molecular complexity index is 230. The van der Waals surface area contributed by atoms with E-state index in [1.54, 1.807) is 31.6 Å². The van der Waals surface area contributed by atoms with Crippen LogP contribution in [0.3, 0.4) is 0 Å². The first-order valence-corrected chi connectivity index (χ1v) is 3.30. The van der Waals surface area contributed by atoms with Gasteiger partial charge in [0.25, 0.3) is 6.73 Å². The second-order valence-corrected chi connectivity index (χ2v) is 2.18. The predicted octanol–water partition coefficient (Wildman–Crippen LogP) is 0.390. The third kappa shape index (κ3) is 2.13. The van der Waals surface area contributed by atoms with Crippen molar-refractivity contribution in [3.8, 4) is 0 Å². The van der Waals surface area contributed by atoms with Gasteiger partial charge in [0.15, 0.2) is 18.7 Å². The van der Waals surface area contributed by atoms with Gasteiger partial charge in [0.05, 0.1) is 0 Å². The number of nitrogens with zero attached hydrogens (tertiary/aromatic N) is 1. The smallest absolute Gasteiger partial charge is 0.252 e. The van der Waals surface area contributed by atoms with Crippen molar-refractivity contribution in [1.29, 1.82) is 0 Å². The molecule has 1 rings (SSSR count).